The summed E-state index contributed by atoms with van der Waals surface area (Å²) in [6.45, 7) is 17.5. The summed E-state index contributed by atoms with van der Waals surface area (Å²) >= 11 is 1.36. The van der Waals surface area contributed by atoms with Gasteiger partial charge >= 0.3 is 30.2 Å². The number of aryl methyl sites for hydroxylation is 2. The van der Waals surface area contributed by atoms with Crippen LogP contribution >= 0.6 is 24.8 Å². The molecule has 0 saturated heterocycles. The van der Waals surface area contributed by atoms with Crippen LogP contribution in [0, 0.1) is 20.8 Å². The van der Waals surface area contributed by atoms with E-state index < -0.39 is 0 Å². The predicted molar refractivity (Wildman–Crippen MR) is 238 cm³/mol. The summed E-state index contributed by atoms with van der Waals surface area (Å²) < 4.78 is 0. The summed E-state index contributed by atoms with van der Waals surface area (Å²) in [5.41, 5.74) is 11.3. The van der Waals surface area contributed by atoms with Gasteiger partial charge in [-0.1, -0.05) is 124 Å². The van der Waals surface area contributed by atoms with Gasteiger partial charge in [-0.25, -0.2) is 0 Å². The molecule has 4 heteroatoms. The zero-order valence-corrected chi connectivity index (χ0v) is 37.6. The van der Waals surface area contributed by atoms with Crippen molar-refractivity contribution in [2.24, 2.45) is 0 Å². The van der Waals surface area contributed by atoms with Crippen molar-refractivity contribution < 1.29 is 23.3 Å². The van der Waals surface area contributed by atoms with E-state index >= 15 is 0 Å². The fraction of sp³-hybridized carbons (Fsp3) is 0.347. The molecule has 0 bridgehead atoms. The summed E-state index contributed by atoms with van der Waals surface area (Å²) in [5, 5.41) is 5.50. The summed E-state index contributed by atoms with van der Waals surface area (Å²) in [7, 11) is 0. The van der Waals surface area contributed by atoms with Crippen molar-refractivity contribution in [3.8, 4) is 22.3 Å². The number of hydrogen-bond acceptors (Lipinski definition) is 0. The molecular formula is C49H60Cl2SiZr-4. The molecule has 2 aliphatic carbocycles. The SMILES string of the molecule is CCc1cc2c(-c3ccc(C4CCCCC4)cc3)cccc2[cH-]1.Cc1cc2c(-c3ccc(C4CCCCC4)cc3)cccc2[cH-]1.Cl.Cl.[CH2-]C.[CH2-]C.[Si]=[Zr]. The molecular weight excluding hydrogens is 779 g/mol. The third kappa shape index (κ3) is 12.4. The molecule has 0 aromatic heterocycles. The average molecular weight is 839 g/mol. The van der Waals surface area contributed by atoms with Gasteiger partial charge in [0.15, 0.2) is 0 Å². The monoisotopic (exact) mass is 836 g/mol. The molecule has 53 heavy (non-hydrogen) atoms. The zero-order valence-electron chi connectivity index (χ0n) is 32.6. The Balaban J connectivity index is 0.000000312. The fourth-order valence-electron chi connectivity index (χ4n) is 8.13. The second-order valence-corrected chi connectivity index (χ2v) is 13.8. The normalized spacial score (nSPS) is 14.0. The molecule has 0 N–H and O–H groups in total. The molecule has 0 aliphatic heterocycles. The van der Waals surface area contributed by atoms with Crippen LogP contribution in [-0.2, 0) is 29.8 Å². The topological polar surface area (TPSA) is 0 Å². The molecule has 0 spiro atoms. The molecule has 2 fully saturated rings. The van der Waals surface area contributed by atoms with Gasteiger partial charge in [0.2, 0.25) is 0 Å². The van der Waals surface area contributed by atoms with Gasteiger partial charge in [-0.15, -0.1) is 93.9 Å². The average Bonchev–Trinajstić information content (AvgIpc) is 3.84. The van der Waals surface area contributed by atoms with Crippen molar-refractivity contribution in [1.82, 2.24) is 0 Å². The Morgan fingerprint density at radius 3 is 1.38 bits per heavy atom. The standard InChI is InChI=1S/C23H25.C22H23.2C2H5.2ClH.Si.Zr/c1-2-17-15-21-9-6-10-22(23(21)16-17)20-13-11-19(12-14-20)18-7-4-3-5-8-18;1-16-14-20-8-5-9-21(22(20)15-16)19-12-10-18(11-13-19)17-6-3-2-4-7-17;2*1-2;;;;/h6,9-16,18H,2-5,7-8H2,1H3;5,8-15,17H,2-4,6-7H2,1H3;2*1H2,2H3;2*1H;;/q4*-1;;;;. The Morgan fingerprint density at radius 1 is 0.566 bits per heavy atom. The van der Waals surface area contributed by atoms with Gasteiger partial charge in [0, 0.05) is 0 Å². The van der Waals surface area contributed by atoms with Crippen LogP contribution in [0.15, 0.2) is 109 Å². The third-order valence-corrected chi connectivity index (χ3v) is 10.7. The van der Waals surface area contributed by atoms with Gasteiger partial charge in [-0.3, -0.25) is 0 Å². The molecule has 6 aromatic carbocycles. The summed E-state index contributed by atoms with van der Waals surface area (Å²) in [4.78, 5) is 0. The Hall–Kier alpha value is -2.22. The Morgan fingerprint density at radius 2 is 0.962 bits per heavy atom. The first kappa shape index (κ1) is 46.9. The van der Waals surface area contributed by atoms with E-state index in [0.29, 0.717) is 0 Å². The van der Waals surface area contributed by atoms with Crippen molar-refractivity contribution >= 4 is 53.2 Å². The van der Waals surface area contributed by atoms with Gasteiger partial charge in [-0.05, 0) is 66.2 Å². The molecule has 0 atom stereocenters. The molecule has 6 aromatic rings. The molecule has 0 amide bonds. The van der Waals surface area contributed by atoms with E-state index in [1.54, 1.807) is 13.8 Å². The van der Waals surface area contributed by atoms with Crippen molar-refractivity contribution in [1.29, 1.82) is 0 Å². The Bertz CT molecular complexity index is 1870. The van der Waals surface area contributed by atoms with Crippen molar-refractivity contribution in [2.75, 3.05) is 0 Å². The van der Waals surface area contributed by atoms with E-state index in [4.69, 9.17) is 0 Å². The van der Waals surface area contributed by atoms with Crippen LogP contribution in [0.2, 0.25) is 0 Å². The van der Waals surface area contributed by atoms with Crippen LogP contribution in [0.5, 0.6) is 0 Å². The predicted octanol–water partition coefficient (Wildman–Crippen LogP) is 15.6. The summed E-state index contributed by atoms with van der Waals surface area (Å²) in [6, 6.07) is 41.3. The van der Waals surface area contributed by atoms with Gasteiger partial charge in [0.1, 0.15) is 0 Å². The summed E-state index contributed by atoms with van der Waals surface area (Å²) in [5.74, 6) is 1.58. The second-order valence-electron chi connectivity index (χ2n) is 13.8. The van der Waals surface area contributed by atoms with Crippen LogP contribution in [0.25, 0.3) is 43.8 Å². The Kier molecular flexibility index (Phi) is 22.2. The van der Waals surface area contributed by atoms with Crippen LogP contribution in [0.1, 0.15) is 119 Å². The molecule has 0 unspecified atom stereocenters. The zero-order chi connectivity index (χ0) is 36.6. The van der Waals surface area contributed by atoms with E-state index in [0.717, 1.165) is 18.3 Å². The third-order valence-electron chi connectivity index (χ3n) is 10.7. The van der Waals surface area contributed by atoms with Gasteiger partial charge in [-0.2, -0.15) is 26.0 Å². The Labute approximate surface area is 351 Å². The van der Waals surface area contributed by atoms with Gasteiger partial charge < -0.3 is 13.8 Å². The maximum absolute atomic E-state index is 3.25. The second kappa shape index (κ2) is 25.0. The maximum atomic E-state index is 3.25. The van der Waals surface area contributed by atoms with Crippen LogP contribution in [-0.4, -0.2) is 6.88 Å². The van der Waals surface area contributed by atoms with E-state index in [2.05, 4.69) is 144 Å². The molecule has 0 nitrogen and oxygen atoms in total. The number of benzene rings is 4. The van der Waals surface area contributed by atoms with Crippen molar-refractivity contribution in [3.05, 3.63) is 145 Å². The number of halogens is 2. The summed E-state index contributed by atoms with van der Waals surface area (Å²) in [6.07, 6.45) is 15.0. The fourth-order valence-corrected chi connectivity index (χ4v) is 8.13. The van der Waals surface area contributed by atoms with Crippen LogP contribution in [0.4, 0.5) is 0 Å². The van der Waals surface area contributed by atoms with E-state index in [1.807, 2.05) is 0 Å². The first-order chi connectivity index (χ1) is 25.2. The number of rotatable bonds is 5. The quantitative estimate of drug-likeness (QED) is 0.120. The molecule has 0 heterocycles. The molecule has 2 radical (unpaired) electrons. The molecule has 2 saturated carbocycles. The minimum absolute atomic E-state index is 0. The minimum atomic E-state index is 0. The number of hydrogen-bond donors (Lipinski definition) is 0. The van der Waals surface area contributed by atoms with E-state index in [-0.39, 0.29) is 24.8 Å². The first-order valence-corrected chi connectivity index (χ1v) is 23.6. The first-order valence-electron chi connectivity index (χ1n) is 19.4. The van der Waals surface area contributed by atoms with Gasteiger partial charge in [0.25, 0.3) is 0 Å². The van der Waals surface area contributed by atoms with Crippen molar-refractivity contribution in [3.63, 3.8) is 0 Å². The molecule has 8 rings (SSSR count). The molecule has 282 valence electrons. The van der Waals surface area contributed by atoms with E-state index in [1.165, 1.54) is 154 Å². The van der Waals surface area contributed by atoms with Crippen LogP contribution < -0.4 is 0 Å². The van der Waals surface area contributed by atoms with Crippen LogP contribution in [0.3, 0.4) is 0 Å². The number of fused-ring (bicyclic) bond motifs is 2. The van der Waals surface area contributed by atoms with E-state index in [9.17, 15) is 0 Å². The van der Waals surface area contributed by atoms with Crippen molar-refractivity contribution in [2.45, 2.75) is 110 Å². The molecule has 2 aliphatic rings. The van der Waals surface area contributed by atoms with Gasteiger partial charge in [0.05, 0.1) is 0 Å².